The topological polar surface area (TPSA) is 49.8 Å². The SMILES string of the molecule is CCC(C)N(C)C(C)(CC(C)(C)OC)C(=O)O. The summed E-state index contributed by atoms with van der Waals surface area (Å²) >= 11 is 0. The van der Waals surface area contributed by atoms with Gasteiger partial charge in [0.05, 0.1) is 5.60 Å². The number of carbonyl (C=O) groups is 1. The lowest BCUT2D eigenvalue weighted by atomic mass is 9.85. The van der Waals surface area contributed by atoms with Crippen molar-refractivity contribution >= 4 is 5.97 Å². The van der Waals surface area contributed by atoms with Crippen molar-refractivity contribution in [1.82, 2.24) is 4.90 Å². The monoisotopic (exact) mass is 245 g/mol. The second-order valence-electron chi connectivity index (χ2n) is 5.59. The van der Waals surface area contributed by atoms with Gasteiger partial charge in [-0.25, -0.2) is 0 Å². The van der Waals surface area contributed by atoms with Crippen LogP contribution in [0.2, 0.25) is 0 Å². The Morgan fingerprint density at radius 1 is 1.41 bits per heavy atom. The fourth-order valence-corrected chi connectivity index (χ4v) is 2.01. The lowest BCUT2D eigenvalue weighted by Gasteiger charge is -2.42. The van der Waals surface area contributed by atoms with E-state index in [1.54, 1.807) is 14.0 Å². The first kappa shape index (κ1) is 16.4. The fourth-order valence-electron chi connectivity index (χ4n) is 2.01. The number of aliphatic carboxylic acids is 1. The van der Waals surface area contributed by atoms with Gasteiger partial charge in [-0.15, -0.1) is 0 Å². The molecule has 0 radical (unpaired) electrons. The van der Waals surface area contributed by atoms with E-state index in [4.69, 9.17) is 4.74 Å². The number of nitrogens with zero attached hydrogens (tertiary/aromatic N) is 1. The minimum atomic E-state index is -0.908. The number of hydrogen-bond acceptors (Lipinski definition) is 3. The van der Waals surface area contributed by atoms with Crippen LogP contribution in [0.25, 0.3) is 0 Å². The lowest BCUT2D eigenvalue weighted by molar-refractivity contribution is -0.156. The molecule has 2 unspecified atom stereocenters. The molecule has 0 aromatic heterocycles. The van der Waals surface area contributed by atoms with Gasteiger partial charge in [0, 0.05) is 19.6 Å². The molecule has 0 aromatic rings. The highest BCUT2D eigenvalue weighted by Crippen LogP contribution is 2.29. The average molecular weight is 245 g/mol. The molecule has 0 aliphatic rings. The van der Waals surface area contributed by atoms with Gasteiger partial charge in [-0.2, -0.15) is 0 Å². The Balaban J connectivity index is 5.11. The molecule has 1 N–H and O–H groups in total. The van der Waals surface area contributed by atoms with Crippen LogP contribution in [0.5, 0.6) is 0 Å². The Labute approximate surface area is 105 Å². The quantitative estimate of drug-likeness (QED) is 0.748. The summed E-state index contributed by atoms with van der Waals surface area (Å²) in [6, 6.07) is 0.226. The summed E-state index contributed by atoms with van der Waals surface area (Å²) in [5.74, 6) is -0.801. The van der Waals surface area contributed by atoms with Crippen molar-refractivity contribution in [3.63, 3.8) is 0 Å². The first-order valence-corrected chi connectivity index (χ1v) is 6.12. The molecule has 17 heavy (non-hydrogen) atoms. The van der Waals surface area contributed by atoms with Gasteiger partial charge in [0.1, 0.15) is 5.54 Å². The van der Waals surface area contributed by atoms with E-state index in [9.17, 15) is 9.90 Å². The predicted octanol–water partition coefficient (Wildman–Crippen LogP) is 2.38. The van der Waals surface area contributed by atoms with Crippen LogP contribution in [0.3, 0.4) is 0 Å². The third kappa shape index (κ3) is 3.96. The van der Waals surface area contributed by atoms with Crippen LogP contribution >= 0.6 is 0 Å². The number of hydrogen-bond donors (Lipinski definition) is 1. The highest BCUT2D eigenvalue weighted by atomic mass is 16.5. The van der Waals surface area contributed by atoms with E-state index in [1.807, 2.05) is 32.7 Å². The van der Waals surface area contributed by atoms with Crippen LogP contribution in [0.4, 0.5) is 0 Å². The summed E-state index contributed by atoms with van der Waals surface area (Å²) in [6.45, 7) is 9.70. The zero-order chi connectivity index (χ0) is 13.9. The van der Waals surface area contributed by atoms with Crippen LogP contribution in [-0.4, -0.2) is 47.3 Å². The van der Waals surface area contributed by atoms with Gasteiger partial charge in [0.25, 0.3) is 0 Å². The van der Waals surface area contributed by atoms with Crippen molar-refractivity contribution in [2.24, 2.45) is 0 Å². The van der Waals surface area contributed by atoms with Crippen molar-refractivity contribution < 1.29 is 14.6 Å². The van der Waals surface area contributed by atoms with Crippen molar-refractivity contribution in [1.29, 1.82) is 0 Å². The number of carboxylic acids is 1. The Kier molecular flexibility index (Phi) is 5.62. The van der Waals surface area contributed by atoms with E-state index in [1.165, 1.54) is 0 Å². The molecule has 0 saturated carbocycles. The molecule has 0 aliphatic heterocycles. The van der Waals surface area contributed by atoms with Gasteiger partial charge in [-0.1, -0.05) is 6.92 Å². The third-order valence-corrected chi connectivity index (χ3v) is 3.81. The van der Waals surface area contributed by atoms with Crippen molar-refractivity contribution in [2.75, 3.05) is 14.2 Å². The summed E-state index contributed by atoms with van der Waals surface area (Å²) in [5.41, 5.74) is -1.36. The molecule has 0 aliphatic carbocycles. The highest BCUT2D eigenvalue weighted by Gasteiger charge is 2.43. The van der Waals surface area contributed by atoms with E-state index in [0.29, 0.717) is 6.42 Å². The maximum absolute atomic E-state index is 11.6. The molecule has 0 bridgehead atoms. The Hall–Kier alpha value is -0.610. The summed E-state index contributed by atoms with van der Waals surface area (Å²) < 4.78 is 5.36. The maximum Gasteiger partial charge on any atom is 0.323 e. The van der Waals surface area contributed by atoms with Crippen LogP contribution < -0.4 is 0 Å². The zero-order valence-electron chi connectivity index (χ0n) is 12.2. The van der Waals surface area contributed by atoms with Crippen molar-refractivity contribution in [3.8, 4) is 0 Å². The van der Waals surface area contributed by atoms with Gasteiger partial charge in [0.2, 0.25) is 0 Å². The number of rotatable bonds is 7. The molecule has 0 fully saturated rings. The Bertz CT molecular complexity index is 265. The second kappa shape index (κ2) is 5.83. The molecule has 0 heterocycles. The summed E-state index contributed by atoms with van der Waals surface area (Å²) in [5, 5.41) is 9.51. The largest absolute Gasteiger partial charge is 0.480 e. The summed E-state index contributed by atoms with van der Waals surface area (Å²) in [4.78, 5) is 13.5. The van der Waals surface area contributed by atoms with E-state index in [-0.39, 0.29) is 6.04 Å². The number of likely N-dealkylation sites (N-methyl/N-ethyl adjacent to an activating group) is 1. The van der Waals surface area contributed by atoms with Gasteiger partial charge in [0.15, 0.2) is 0 Å². The molecule has 0 aromatic carbocycles. The van der Waals surface area contributed by atoms with Crippen LogP contribution in [0, 0.1) is 0 Å². The molecule has 0 saturated heterocycles. The van der Waals surface area contributed by atoms with Gasteiger partial charge in [-0.05, 0) is 41.2 Å². The molecule has 4 heteroatoms. The van der Waals surface area contributed by atoms with E-state index >= 15 is 0 Å². The standard InChI is InChI=1S/C13H27NO3/c1-8-10(2)14(6)13(5,11(15)16)9-12(3,4)17-7/h10H,8-9H2,1-7H3,(H,15,16). The summed E-state index contributed by atoms with van der Waals surface area (Å²) in [6.07, 6.45) is 1.37. The predicted molar refractivity (Wildman–Crippen MR) is 69.3 cm³/mol. The third-order valence-electron chi connectivity index (χ3n) is 3.81. The van der Waals surface area contributed by atoms with Gasteiger partial charge in [-0.3, -0.25) is 9.69 Å². The number of methoxy groups -OCH3 is 1. The maximum atomic E-state index is 11.6. The van der Waals surface area contributed by atoms with Crippen LogP contribution in [-0.2, 0) is 9.53 Å². The molecular formula is C13H27NO3. The molecule has 0 spiro atoms. The highest BCUT2D eigenvalue weighted by molar-refractivity contribution is 5.78. The lowest BCUT2D eigenvalue weighted by Crippen LogP contribution is -2.57. The van der Waals surface area contributed by atoms with E-state index < -0.39 is 17.1 Å². The molecule has 102 valence electrons. The minimum Gasteiger partial charge on any atom is -0.480 e. The Morgan fingerprint density at radius 2 is 1.88 bits per heavy atom. The molecule has 0 amide bonds. The molecule has 0 rings (SSSR count). The molecule has 4 nitrogen and oxygen atoms in total. The van der Waals surface area contributed by atoms with Gasteiger partial charge >= 0.3 is 5.97 Å². The summed E-state index contributed by atoms with van der Waals surface area (Å²) in [7, 11) is 3.49. The normalized spacial score (nSPS) is 17.9. The van der Waals surface area contributed by atoms with Crippen LogP contribution in [0.1, 0.15) is 47.5 Å². The van der Waals surface area contributed by atoms with E-state index in [2.05, 4.69) is 6.92 Å². The first-order chi connectivity index (χ1) is 7.60. The number of carboxylic acid groups (broad SMARTS) is 1. The second-order valence-corrected chi connectivity index (χ2v) is 5.59. The van der Waals surface area contributed by atoms with Crippen LogP contribution in [0.15, 0.2) is 0 Å². The van der Waals surface area contributed by atoms with Crippen molar-refractivity contribution in [3.05, 3.63) is 0 Å². The minimum absolute atomic E-state index is 0.226. The average Bonchev–Trinajstić information content (AvgIpc) is 2.26. The fraction of sp³-hybridized carbons (Fsp3) is 0.923. The van der Waals surface area contributed by atoms with Crippen molar-refractivity contribution in [2.45, 2.75) is 64.6 Å². The zero-order valence-corrected chi connectivity index (χ0v) is 12.2. The molecule has 2 atom stereocenters. The Morgan fingerprint density at radius 3 is 2.18 bits per heavy atom. The smallest absolute Gasteiger partial charge is 0.323 e. The molecular weight excluding hydrogens is 218 g/mol. The van der Waals surface area contributed by atoms with Gasteiger partial charge < -0.3 is 9.84 Å². The van der Waals surface area contributed by atoms with E-state index in [0.717, 1.165) is 6.42 Å². The first-order valence-electron chi connectivity index (χ1n) is 6.12. The number of ether oxygens (including phenoxy) is 1.